The molecule has 0 saturated carbocycles. The summed E-state index contributed by atoms with van der Waals surface area (Å²) >= 11 is 11.7. The average molecular weight is 332 g/mol. The Morgan fingerprint density at radius 1 is 1.33 bits per heavy atom. The van der Waals surface area contributed by atoms with E-state index in [4.69, 9.17) is 27.7 Å². The van der Waals surface area contributed by atoms with E-state index in [9.17, 15) is 14.3 Å². The van der Waals surface area contributed by atoms with E-state index in [-0.39, 0.29) is 32.6 Å². The Hall–Kier alpha value is -1.59. The van der Waals surface area contributed by atoms with Crippen molar-refractivity contribution in [2.24, 2.45) is 0 Å². The SMILES string of the molecule is CC(C)(C)c1onc(-c2c(F)cc(Cl)cc2Cl)c1C(=O)O. The maximum Gasteiger partial charge on any atom is 0.341 e. The van der Waals surface area contributed by atoms with Crippen molar-refractivity contribution in [3.05, 3.63) is 39.3 Å². The van der Waals surface area contributed by atoms with Gasteiger partial charge in [0.25, 0.3) is 0 Å². The standard InChI is InChI=1S/C14H12Cl2FNO3/c1-14(2,3)12-10(13(19)20)11(18-21-12)9-7(16)4-6(15)5-8(9)17/h4-5H,1-3H3,(H,19,20). The van der Waals surface area contributed by atoms with Crippen LogP contribution >= 0.6 is 23.2 Å². The smallest absolute Gasteiger partial charge is 0.341 e. The molecule has 1 aromatic carbocycles. The van der Waals surface area contributed by atoms with Crippen molar-refractivity contribution in [1.82, 2.24) is 5.16 Å². The first-order valence-corrected chi connectivity index (χ1v) is 6.77. The second-order valence-electron chi connectivity index (χ2n) is 5.53. The maximum atomic E-state index is 14.1. The number of nitrogens with zero attached hydrogens (tertiary/aromatic N) is 1. The highest BCUT2D eigenvalue weighted by atomic mass is 35.5. The maximum absolute atomic E-state index is 14.1. The summed E-state index contributed by atoms with van der Waals surface area (Å²) in [5, 5.41) is 13.2. The van der Waals surface area contributed by atoms with Gasteiger partial charge in [-0.15, -0.1) is 0 Å². The van der Waals surface area contributed by atoms with Gasteiger partial charge in [-0.25, -0.2) is 9.18 Å². The molecule has 0 amide bonds. The van der Waals surface area contributed by atoms with Gasteiger partial charge in [0.1, 0.15) is 17.1 Å². The third-order valence-electron chi connectivity index (χ3n) is 2.83. The van der Waals surface area contributed by atoms with Crippen LogP contribution in [0.1, 0.15) is 36.9 Å². The van der Waals surface area contributed by atoms with E-state index in [1.165, 1.54) is 6.07 Å². The van der Waals surface area contributed by atoms with Crippen molar-refractivity contribution < 1.29 is 18.8 Å². The lowest BCUT2D eigenvalue weighted by Crippen LogP contribution is -2.15. The molecule has 0 spiro atoms. The van der Waals surface area contributed by atoms with Crippen LogP contribution in [0.25, 0.3) is 11.3 Å². The number of aromatic nitrogens is 1. The molecule has 0 atom stereocenters. The molecule has 1 aromatic heterocycles. The molecule has 112 valence electrons. The van der Waals surface area contributed by atoms with E-state index in [1.54, 1.807) is 20.8 Å². The highest BCUT2D eigenvalue weighted by Crippen LogP contribution is 2.38. The lowest BCUT2D eigenvalue weighted by molar-refractivity contribution is 0.0693. The number of rotatable bonds is 2. The molecule has 1 heterocycles. The van der Waals surface area contributed by atoms with Gasteiger partial charge in [0, 0.05) is 10.4 Å². The third kappa shape index (κ3) is 2.89. The van der Waals surface area contributed by atoms with Gasteiger partial charge in [0.2, 0.25) is 0 Å². The summed E-state index contributed by atoms with van der Waals surface area (Å²) < 4.78 is 19.2. The molecule has 21 heavy (non-hydrogen) atoms. The Labute approximate surface area is 130 Å². The molecule has 0 fully saturated rings. The number of aromatic carboxylic acids is 1. The van der Waals surface area contributed by atoms with Crippen molar-refractivity contribution in [2.45, 2.75) is 26.2 Å². The van der Waals surface area contributed by atoms with Gasteiger partial charge < -0.3 is 9.63 Å². The van der Waals surface area contributed by atoms with E-state index >= 15 is 0 Å². The van der Waals surface area contributed by atoms with Crippen LogP contribution in [0.2, 0.25) is 10.0 Å². The largest absolute Gasteiger partial charge is 0.477 e. The lowest BCUT2D eigenvalue weighted by atomic mass is 9.89. The van der Waals surface area contributed by atoms with Crippen LogP contribution < -0.4 is 0 Å². The molecule has 0 aliphatic rings. The van der Waals surface area contributed by atoms with E-state index in [0.29, 0.717) is 0 Å². The lowest BCUT2D eigenvalue weighted by Gasteiger charge is -2.14. The predicted molar refractivity (Wildman–Crippen MR) is 77.6 cm³/mol. The Bertz CT molecular complexity index is 696. The van der Waals surface area contributed by atoms with Crippen molar-refractivity contribution in [3.63, 3.8) is 0 Å². The molecule has 0 aliphatic heterocycles. The summed E-state index contributed by atoms with van der Waals surface area (Å²) in [5.41, 5.74) is -1.09. The molecule has 0 aliphatic carbocycles. The molecule has 0 unspecified atom stereocenters. The van der Waals surface area contributed by atoms with Crippen LogP contribution in [0, 0.1) is 5.82 Å². The fraction of sp³-hybridized carbons (Fsp3) is 0.286. The Morgan fingerprint density at radius 3 is 2.43 bits per heavy atom. The van der Waals surface area contributed by atoms with Crippen LogP contribution in [0.4, 0.5) is 4.39 Å². The summed E-state index contributed by atoms with van der Waals surface area (Å²) in [5.74, 6) is -1.87. The summed E-state index contributed by atoms with van der Waals surface area (Å²) in [6, 6.07) is 2.36. The van der Waals surface area contributed by atoms with Crippen LogP contribution in [-0.2, 0) is 5.41 Å². The van der Waals surface area contributed by atoms with E-state index in [0.717, 1.165) is 6.07 Å². The zero-order chi connectivity index (χ0) is 15.9. The number of carbonyl (C=O) groups is 1. The summed E-state index contributed by atoms with van der Waals surface area (Å²) in [6.07, 6.45) is 0. The zero-order valence-corrected chi connectivity index (χ0v) is 13.0. The molecule has 2 rings (SSSR count). The van der Waals surface area contributed by atoms with E-state index in [2.05, 4.69) is 5.16 Å². The molecule has 4 nitrogen and oxygen atoms in total. The van der Waals surface area contributed by atoms with Crippen LogP contribution in [0.5, 0.6) is 0 Å². The Morgan fingerprint density at radius 2 is 1.95 bits per heavy atom. The minimum atomic E-state index is -1.26. The fourth-order valence-corrected chi connectivity index (χ4v) is 2.50. The topological polar surface area (TPSA) is 63.3 Å². The second-order valence-corrected chi connectivity index (χ2v) is 6.38. The number of hydrogen-bond donors (Lipinski definition) is 1. The fourth-order valence-electron chi connectivity index (χ4n) is 1.94. The van der Waals surface area contributed by atoms with E-state index < -0.39 is 17.2 Å². The van der Waals surface area contributed by atoms with Crippen molar-refractivity contribution >= 4 is 29.2 Å². The van der Waals surface area contributed by atoms with Crippen molar-refractivity contribution in [3.8, 4) is 11.3 Å². The van der Waals surface area contributed by atoms with Gasteiger partial charge in [-0.05, 0) is 12.1 Å². The van der Waals surface area contributed by atoms with Crippen LogP contribution in [-0.4, -0.2) is 16.2 Å². The zero-order valence-electron chi connectivity index (χ0n) is 11.5. The van der Waals surface area contributed by atoms with Gasteiger partial charge in [-0.2, -0.15) is 0 Å². The first-order valence-electron chi connectivity index (χ1n) is 6.01. The summed E-state index contributed by atoms with van der Waals surface area (Å²) in [6.45, 7) is 5.30. The molecular formula is C14H12Cl2FNO3. The van der Waals surface area contributed by atoms with Crippen molar-refractivity contribution in [2.75, 3.05) is 0 Å². The Kier molecular flexibility index (Phi) is 4.00. The average Bonchev–Trinajstić information content (AvgIpc) is 2.71. The van der Waals surface area contributed by atoms with Gasteiger partial charge in [0.05, 0.1) is 10.6 Å². The van der Waals surface area contributed by atoms with Gasteiger partial charge in [0.15, 0.2) is 5.76 Å². The quantitative estimate of drug-likeness (QED) is 0.859. The number of halogens is 3. The Balaban J connectivity index is 2.78. The number of hydrogen-bond acceptors (Lipinski definition) is 3. The molecule has 0 bridgehead atoms. The number of carboxylic acids is 1. The van der Waals surface area contributed by atoms with Gasteiger partial charge in [-0.3, -0.25) is 0 Å². The predicted octanol–water partition coefficient (Wildman–Crippen LogP) is 4.78. The van der Waals surface area contributed by atoms with Gasteiger partial charge >= 0.3 is 5.97 Å². The summed E-state index contributed by atoms with van der Waals surface area (Å²) in [4.78, 5) is 11.5. The minimum absolute atomic E-state index is 0.0312. The molecule has 0 saturated heterocycles. The second kappa shape index (κ2) is 5.31. The first kappa shape index (κ1) is 15.8. The molecule has 1 N–H and O–H groups in total. The molecular weight excluding hydrogens is 320 g/mol. The minimum Gasteiger partial charge on any atom is -0.477 e. The summed E-state index contributed by atoms with van der Waals surface area (Å²) in [7, 11) is 0. The monoisotopic (exact) mass is 331 g/mol. The van der Waals surface area contributed by atoms with Gasteiger partial charge in [-0.1, -0.05) is 49.1 Å². The number of benzene rings is 1. The van der Waals surface area contributed by atoms with Crippen LogP contribution in [0.15, 0.2) is 16.7 Å². The molecule has 2 aromatic rings. The first-order chi connectivity index (χ1) is 9.62. The normalized spacial score (nSPS) is 11.7. The van der Waals surface area contributed by atoms with Crippen LogP contribution in [0.3, 0.4) is 0 Å². The highest BCUT2D eigenvalue weighted by Gasteiger charge is 2.33. The third-order valence-corrected chi connectivity index (χ3v) is 3.35. The number of carboxylic acid groups (broad SMARTS) is 1. The van der Waals surface area contributed by atoms with Crippen molar-refractivity contribution in [1.29, 1.82) is 0 Å². The molecule has 7 heteroatoms. The molecule has 0 radical (unpaired) electrons. The van der Waals surface area contributed by atoms with E-state index in [1.807, 2.05) is 0 Å². The highest BCUT2D eigenvalue weighted by molar-refractivity contribution is 6.36.